The van der Waals surface area contributed by atoms with E-state index in [2.05, 4.69) is 20.4 Å². The molecule has 0 saturated heterocycles. The molecule has 0 radical (unpaired) electrons. The quantitative estimate of drug-likeness (QED) is 0.623. The minimum atomic E-state index is -0.296. The summed E-state index contributed by atoms with van der Waals surface area (Å²) in [5.41, 5.74) is 1.17. The van der Waals surface area contributed by atoms with Crippen molar-refractivity contribution < 1.29 is 14.3 Å². The van der Waals surface area contributed by atoms with Crippen LogP contribution in [-0.2, 0) is 6.54 Å². The van der Waals surface area contributed by atoms with Crippen molar-refractivity contribution in [2.45, 2.75) is 19.9 Å². The number of methoxy groups -OCH3 is 1. The second kappa shape index (κ2) is 9.18. The molecule has 0 spiro atoms. The average molecular weight is 402 g/mol. The molecule has 0 bridgehead atoms. The van der Waals surface area contributed by atoms with Crippen LogP contribution in [0.4, 0.5) is 0 Å². The molecule has 1 N–H and O–H groups in total. The zero-order chi connectivity index (χ0) is 19.9. The predicted octanol–water partition coefficient (Wildman–Crippen LogP) is 3.04. The molecule has 0 fully saturated rings. The van der Waals surface area contributed by atoms with Crippen LogP contribution < -0.4 is 14.8 Å². The molecule has 0 unspecified atom stereocenters. The molecule has 1 amide bonds. The van der Waals surface area contributed by atoms with Crippen molar-refractivity contribution in [2.75, 3.05) is 13.7 Å². The lowest BCUT2D eigenvalue weighted by molar-refractivity contribution is 0.0950. The standard InChI is InChI=1S/C19H20ClN5O3/c1-3-7-28-17-15(20)8-14(9-16(17)27-2)19(26)23-10-13-5-4-6-22-18(13)25-12-21-11-24-25/h4-6,8-9,11-12H,3,7,10H2,1-2H3,(H,23,26). The lowest BCUT2D eigenvalue weighted by Gasteiger charge is -2.14. The number of amides is 1. The first-order chi connectivity index (χ1) is 13.6. The largest absolute Gasteiger partial charge is 0.493 e. The molecule has 3 aromatic rings. The van der Waals surface area contributed by atoms with Gasteiger partial charge in [-0.2, -0.15) is 5.10 Å². The maximum absolute atomic E-state index is 12.6. The lowest BCUT2D eigenvalue weighted by Crippen LogP contribution is -2.24. The third-order valence-corrected chi connectivity index (χ3v) is 4.17. The van der Waals surface area contributed by atoms with E-state index in [1.54, 1.807) is 35.4 Å². The molecule has 0 aliphatic carbocycles. The zero-order valence-electron chi connectivity index (χ0n) is 15.6. The summed E-state index contributed by atoms with van der Waals surface area (Å²) >= 11 is 6.29. The van der Waals surface area contributed by atoms with Crippen LogP contribution in [0.1, 0.15) is 29.3 Å². The molecule has 3 rings (SSSR count). The molecule has 0 atom stereocenters. The van der Waals surface area contributed by atoms with Gasteiger partial charge in [-0.25, -0.2) is 14.6 Å². The number of rotatable bonds is 8. The maximum Gasteiger partial charge on any atom is 0.251 e. The van der Waals surface area contributed by atoms with E-state index in [9.17, 15) is 4.79 Å². The van der Waals surface area contributed by atoms with Gasteiger partial charge >= 0.3 is 0 Å². The molecule has 9 heteroatoms. The Labute approximate surface area is 167 Å². The summed E-state index contributed by atoms with van der Waals surface area (Å²) in [5, 5.41) is 7.27. The lowest BCUT2D eigenvalue weighted by atomic mass is 10.1. The summed E-state index contributed by atoms with van der Waals surface area (Å²) in [6, 6.07) is 6.82. The molecule has 0 saturated carbocycles. The molecule has 2 heterocycles. The summed E-state index contributed by atoms with van der Waals surface area (Å²) in [6.45, 7) is 2.76. The molecule has 0 aliphatic rings. The van der Waals surface area contributed by atoms with Gasteiger partial charge in [-0.15, -0.1) is 0 Å². The Morgan fingerprint density at radius 1 is 1.36 bits per heavy atom. The van der Waals surface area contributed by atoms with Gasteiger partial charge in [-0.05, 0) is 24.6 Å². The first-order valence-corrected chi connectivity index (χ1v) is 9.09. The van der Waals surface area contributed by atoms with Crippen molar-refractivity contribution in [1.29, 1.82) is 0 Å². The van der Waals surface area contributed by atoms with Crippen LogP contribution in [0.15, 0.2) is 43.1 Å². The monoisotopic (exact) mass is 401 g/mol. The maximum atomic E-state index is 12.6. The third-order valence-electron chi connectivity index (χ3n) is 3.88. The van der Waals surface area contributed by atoms with E-state index < -0.39 is 0 Å². The van der Waals surface area contributed by atoms with Gasteiger partial charge in [-0.3, -0.25) is 4.79 Å². The van der Waals surface area contributed by atoms with E-state index in [0.717, 1.165) is 12.0 Å². The summed E-state index contributed by atoms with van der Waals surface area (Å²) in [7, 11) is 1.51. The number of carbonyl (C=O) groups is 1. The van der Waals surface area contributed by atoms with Crippen LogP contribution in [0.25, 0.3) is 5.82 Å². The summed E-state index contributed by atoms with van der Waals surface area (Å²) < 4.78 is 12.5. The molecule has 0 aliphatic heterocycles. The third kappa shape index (κ3) is 4.40. The fourth-order valence-electron chi connectivity index (χ4n) is 2.56. The van der Waals surface area contributed by atoms with Gasteiger partial charge in [0.2, 0.25) is 0 Å². The van der Waals surface area contributed by atoms with Gasteiger partial charge in [0.15, 0.2) is 17.3 Å². The number of benzene rings is 1. The second-order valence-electron chi connectivity index (χ2n) is 5.85. The Hall–Kier alpha value is -3.13. The summed E-state index contributed by atoms with van der Waals surface area (Å²) in [5.74, 6) is 1.15. The SMILES string of the molecule is CCCOc1c(Cl)cc(C(=O)NCc2cccnc2-n2cncn2)cc1OC. The molecule has 2 aromatic heterocycles. The highest BCUT2D eigenvalue weighted by molar-refractivity contribution is 6.32. The highest BCUT2D eigenvalue weighted by Crippen LogP contribution is 2.36. The van der Waals surface area contributed by atoms with E-state index in [1.165, 1.54) is 13.4 Å². The fourth-order valence-corrected chi connectivity index (χ4v) is 2.83. The second-order valence-corrected chi connectivity index (χ2v) is 6.25. The van der Waals surface area contributed by atoms with Gasteiger partial charge < -0.3 is 14.8 Å². The average Bonchev–Trinajstić information content (AvgIpc) is 3.25. The Morgan fingerprint density at radius 2 is 2.21 bits per heavy atom. The summed E-state index contributed by atoms with van der Waals surface area (Å²) in [4.78, 5) is 20.9. The van der Waals surface area contributed by atoms with Crippen LogP contribution in [0.5, 0.6) is 11.5 Å². The minimum absolute atomic E-state index is 0.260. The van der Waals surface area contributed by atoms with Crippen molar-refractivity contribution in [3.05, 3.63) is 59.3 Å². The van der Waals surface area contributed by atoms with Crippen molar-refractivity contribution >= 4 is 17.5 Å². The number of aromatic nitrogens is 4. The molecule has 1 aromatic carbocycles. The van der Waals surface area contributed by atoms with E-state index >= 15 is 0 Å². The number of halogens is 1. The van der Waals surface area contributed by atoms with E-state index in [1.807, 2.05) is 13.0 Å². The Kier molecular flexibility index (Phi) is 6.44. The van der Waals surface area contributed by atoms with Crippen molar-refractivity contribution in [1.82, 2.24) is 25.1 Å². The highest BCUT2D eigenvalue weighted by atomic mass is 35.5. The van der Waals surface area contributed by atoms with Crippen molar-refractivity contribution in [3.8, 4) is 17.3 Å². The Balaban J connectivity index is 1.77. The zero-order valence-corrected chi connectivity index (χ0v) is 16.3. The number of hydrogen-bond acceptors (Lipinski definition) is 6. The van der Waals surface area contributed by atoms with Gasteiger partial charge in [0, 0.05) is 23.9 Å². The Bertz CT molecular complexity index is 947. The number of carbonyl (C=O) groups excluding carboxylic acids is 1. The van der Waals surface area contributed by atoms with E-state index in [4.69, 9.17) is 21.1 Å². The number of ether oxygens (including phenoxy) is 2. The number of nitrogens with zero attached hydrogens (tertiary/aromatic N) is 4. The highest BCUT2D eigenvalue weighted by Gasteiger charge is 2.16. The van der Waals surface area contributed by atoms with Crippen molar-refractivity contribution in [2.24, 2.45) is 0 Å². The van der Waals surface area contributed by atoms with Crippen LogP contribution in [0.3, 0.4) is 0 Å². The first kappa shape index (κ1) is 19.6. The Morgan fingerprint density at radius 3 is 2.93 bits per heavy atom. The number of pyridine rings is 1. The van der Waals surface area contributed by atoms with Crippen LogP contribution in [-0.4, -0.2) is 39.4 Å². The van der Waals surface area contributed by atoms with Crippen LogP contribution in [0.2, 0.25) is 5.02 Å². The van der Waals surface area contributed by atoms with Gasteiger partial charge in [0.25, 0.3) is 5.91 Å². The normalized spacial score (nSPS) is 10.5. The number of hydrogen-bond donors (Lipinski definition) is 1. The molecule has 146 valence electrons. The van der Waals surface area contributed by atoms with Gasteiger partial charge in [-0.1, -0.05) is 24.6 Å². The van der Waals surface area contributed by atoms with Gasteiger partial charge in [0.05, 0.1) is 18.7 Å². The van der Waals surface area contributed by atoms with E-state index in [-0.39, 0.29) is 12.5 Å². The molecular weight excluding hydrogens is 382 g/mol. The number of nitrogens with one attached hydrogen (secondary N) is 1. The fraction of sp³-hybridized carbons (Fsp3) is 0.263. The smallest absolute Gasteiger partial charge is 0.251 e. The van der Waals surface area contributed by atoms with Gasteiger partial charge in [0.1, 0.15) is 12.7 Å². The topological polar surface area (TPSA) is 91.2 Å². The van der Waals surface area contributed by atoms with Crippen molar-refractivity contribution in [3.63, 3.8) is 0 Å². The van der Waals surface area contributed by atoms with Crippen LogP contribution in [0, 0.1) is 0 Å². The first-order valence-electron chi connectivity index (χ1n) is 8.71. The van der Waals surface area contributed by atoms with Crippen LogP contribution >= 0.6 is 11.6 Å². The van der Waals surface area contributed by atoms with E-state index in [0.29, 0.717) is 34.5 Å². The summed E-state index contributed by atoms with van der Waals surface area (Å²) in [6.07, 6.45) is 5.46. The molecule has 28 heavy (non-hydrogen) atoms. The predicted molar refractivity (Wildman–Crippen MR) is 104 cm³/mol. The minimum Gasteiger partial charge on any atom is -0.493 e. The molecular formula is C19H20ClN5O3. The molecule has 8 nitrogen and oxygen atoms in total.